The largest absolute Gasteiger partial charge is 0.411 e. The molecule has 1 fully saturated rings. The van der Waals surface area contributed by atoms with Crippen molar-refractivity contribution in [1.29, 1.82) is 0 Å². The summed E-state index contributed by atoms with van der Waals surface area (Å²) in [6.07, 6.45) is -11.6. The second-order valence-electron chi connectivity index (χ2n) is 7.18. The minimum absolute atomic E-state index is 0.0852. The molecular weight excluding hydrogens is 388 g/mol. The Morgan fingerprint density at radius 2 is 1.61 bits per heavy atom. The van der Waals surface area contributed by atoms with E-state index < -0.39 is 23.7 Å². The number of hydrogen-bond acceptors (Lipinski definition) is 3. The molecule has 158 valence electrons. The van der Waals surface area contributed by atoms with Crippen LogP contribution in [0, 0.1) is 19.3 Å². The average Bonchev–Trinajstić information content (AvgIpc) is 2.57. The van der Waals surface area contributed by atoms with E-state index in [9.17, 15) is 31.1 Å². The first-order valence-corrected chi connectivity index (χ1v) is 8.75. The first-order chi connectivity index (χ1) is 12.8. The van der Waals surface area contributed by atoms with Gasteiger partial charge in [-0.05, 0) is 49.6 Å². The number of piperazine rings is 1. The third-order valence-electron chi connectivity index (χ3n) is 5.22. The summed E-state index contributed by atoms with van der Waals surface area (Å²) in [4.78, 5) is 14.2. The topological polar surface area (TPSA) is 44.4 Å². The fourth-order valence-electron chi connectivity index (χ4n) is 2.95. The molecule has 28 heavy (non-hydrogen) atoms. The number of rotatable bonds is 4. The van der Waals surface area contributed by atoms with Crippen molar-refractivity contribution in [3.63, 3.8) is 0 Å². The minimum atomic E-state index is -5.78. The Balaban J connectivity index is 2.31. The number of anilines is 1. The Hall–Kier alpha value is -1.81. The van der Waals surface area contributed by atoms with Crippen molar-refractivity contribution in [3.05, 3.63) is 28.8 Å². The first kappa shape index (κ1) is 22.5. The van der Waals surface area contributed by atoms with Crippen LogP contribution in [0.25, 0.3) is 0 Å². The Morgan fingerprint density at radius 1 is 1.07 bits per heavy atom. The third kappa shape index (κ3) is 4.43. The molecule has 1 aliphatic heterocycles. The first-order valence-electron chi connectivity index (χ1n) is 8.75. The molecule has 0 atom stereocenters. The molecule has 1 aliphatic rings. The van der Waals surface area contributed by atoms with Crippen LogP contribution in [0.5, 0.6) is 0 Å². The lowest BCUT2D eigenvalue weighted by Crippen LogP contribution is -2.55. The number of carbonyl (C=O) groups excluding carboxylic acids is 1. The maximum Gasteiger partial charge on any atom is 0.411 e. The molecule has 0 spiro atoms. The summed E-state index contributed by atoms with van der Waals surface area (Å²) >= 11 is 0. The molecule has 0 aliphatic carbocycles. The van der Waals surface area contributed by atoms with Crippen LogP contribution in [0.15, 0.2) is 12.1 Å². The molecule has 10 heteroatoms. The minimum Gasteiger partial charge on any atom is -0.325 e. The summed E-state index contributed by atoms with van der Waals surface area (Å²) in [5.41, 5.74) is -2.29. The highest BCUT2D eigenvalue weighted by atomic mass is 19.4. The normalized spacial score (nSPS) is 16.9. The Morgan fingerprint density at radius 3 is 2.11 bits per heavy atom. The lowest BCUT2D eigenvalue weighted by molar-refractivity contribution is -0.317. The Bertz CT molecular complexity index is 709. The standard InChI is InChI=1S/C18H23F6N3O/c1-11-8-14(9-13(12(11)2)10-27-6-4-25-5-7-27)26-15(28)16(3,17(19,20)21)18(22,23)24/h8-9,25H,4-7,10H2,1-3H3,(H,26,28). The van der Waals surface area contributed by atoms with Crippen LogP contribution >= 0.6 is 0 Å². The van der Waals surface area contributed by atoms with E-state index >= 15 is 0 Å². The van der Waals surface area contributed by atoms with Gasteiger partial charge < -0.3 is 10.6 Å². The van der Waals surface area contributed by atoms with Gasteiger partial charge >= 0.3 is 12.4 Å². The Labute approximate surface area is 159 Å². The van der Waals surface area contributed by atoms with Gasteiger partial charge in [-0.25, -0.2) is 0 Å². The van der Waals surface area contributed by atoms with E-state index in [1.54, 1.807) is 6.92 Å². The van der Waals surface area contributed by atoms with Crippen molar-refractivity contribution in [2.75, 3.05) is 31.5 Å². The number of hydrogen-bond donors (Lipinski definition) is 2. The van der Waals surface area contributed by atoms with E-state index in [1.807, 2.05) is 12.2 Å². The number of benzene rings is 1. The van der Waals surface area contributed by atoms with Gasteiger partial charge in [0.2, 0.25) is 11.3 Å². The zero-order valence-corrected chi connectivity index (χ0v) is 15.8. The SMILES string of the molecule is Cc1cc(NC(=O)C(C)(C(F)(F)F)C(F)(F)F)cc(CN2CCNCC2)c1C. The molecule has 1 aromatic rings. The molecule has 1 amide bonds. The molecule has 0 radical (unpaired) electrons. The van der Waals surface area contributed by atoms with Crippen LogP contribution in [0.1, 0.15) is 23.6 Å². The van der Waals surface area contributed by atoms with Gasteiger partial charge in [-0.1, -0.05) is 0 Å². The van der Waals surface area contributed by atoms with Gasteiger partial charge in [0.1, 0.15) is 0 Å². The lowest BCUT2D eigenvalue weighted by atomic mass is 9.87. The molecule has 0 unspecified atom stereocenters. The highest BCUT2D eigenvalue weighted by molar-refractivity contribution is 5.96. The highest BCUT2D eigenvalue weighted by Gasteiger charge is 2.72. The van der Waals surface area contributed by atoms with E-state index in [0.29, 0.717) is 12.1 Å². The second kappa shape index (κ2) is 7.90. The number of amides is 1. The van der Waals surface area contributed by atoms with Crippen LogP contribution in [-0.4, -0.2) is 49.3 Å². The van der Waals surface area contributed by atoms with Gasteiger partial charge in [-0.15, -0.1) is 0 Å². The number of aryl methyl sites for hydroxylation is 1. The van der Waals surface area contributed by atoms with Crippen LogP contribution < -0.4 is 10.6 Å². The van der Waals surface area contributed by atoms with E-state index in [0.717, 1.165) is 37.3 Å². The van der Waals surface area contributed by atoms with Crippen molar-refractivity contribution in [2.24, 2.45) is 5.41 Å². The highest BCUT2D eigenvalue weighted by Crippen LogP contribution is 2.50. The molecule has 0 aromatic heterocycles. The summed E-state index contributed by atoms with van der Waals surface area (Å²) in [7, 11) is 0. The molecule has 0 bridgehead atoms. The van der Waals surface area contributed by atoms with Crippen molar-refractivity contribution in [1.82, 2.24) is 10.2 Å². The van der Waals surface area contributed by atoms with Crippen molar-refractivity contribution >= 4 is 11.6 Å². The van der Waals surface area contributed by atoms with Crippen molar-refractivity contribution < 1.29 is 31.1 Å². The lowest BCUT2D eigenvalue weighted by Gasteiger charge is -2.32. The zero-order chi connectivity index (χ0) is 21.3. The monoisotopic (exact) mass is 411 g/mol. The Kier molecular flexibility index (Phi) is 6.34. The van der Waals surface area contributed by atoms with E-state index in [4.69, 9.17) is 0 Å². The average molecular weight is 411 g/mol. The number of nitrogens with one attached hydrogen (secondary N) is 2. The van der Waals surface area contributed by atoms with Gasteiger partial charge in [0.25, 0.3) is 0 Å². The smallest absolute Gasteiger partial charge is 0.325 e. The maximum atomic E-state index is 13.1. The van der Waals surface area contributed by atoms with Gasteiger partial charge in [-0.3, -0.25) is 9.69 Å². The molecule has 1 heterocycles. The van der Waals surface area contributed by atoms with Crippen molar-refractivity contribution in [3.8, 4) is 0 Å². The van der Waals surface area contributed by atoms with Crippen LogP contribution in [0.2, 0.25) is 0 Å². The van der Waals surface area contributed by atoms with E-state index in [2.05, 4.69) is 10.2 Å². The molecule has 0 saturated carbocycles. The molecular formula is C18H23F6N3O. The van der Waals surface area contributed by atoms with Crippen LogP contribution in [-0.2, 0) is 11.3 Å². The number of alkyl halides is 6. The van der Waals surface area contributed by atoms with Crippen molar-refractivity contribution in [2.45, 2.75) is 39.7 Å². The van der Waals surface area contributed by atoms with Gasteiger partial charge in [0, 0.05) is 38.4 Å². The van der Waals surface area contributed by atoms with Crippen LogP contribution in [0.3, 0.4) is 0 Å². The fraction of sp³-hybridized carbons (Fsp3) is 0.611. The van der Waals surface area contributed by atoms with E-state index in [-0.39, 0.29) is 12.6 Å². The van der Waals surface area contributed by atoms with Gasteiger partial charge in [0.15, 0.2) is 0 Å². The predicted molar refractivity (Wildman–Crippen MR) is 92.9 cm³/mol. The number of halogens is 6. The molecule has 2 rings (SSSR count). The fourth-order valence-corrected chi connectivity index (χ4v) is 2.95. The summed E-state index contributed by atoms with van der Waals surface area (Å²) in [5.74, 6) is -2.15. The summed E-state index contributed by atoms with van der Waals surface area (Å²) in [5, 5.41) is 5.03. The molecule has 2 N–H and O–H groups in total. The predicted octanol–water partition coefficient (Wildman–Crippen LogP) is 3.78. The quantitative estimate of drug-likeness (QED) is 0.742. The number of nitrogens with zero attached hydrogens (tertiary/aromatic N) is 1. The third-order valence-corrected chi connectivity index (χ3v) is 5.22. The zero-order valence-electron chi connectivity index (χ0n) is 15.8. The summed E-state index contributed by atoms with van der Waals surface area (Å²) < 4.78 is 78.6. The summed E-state index contributed by atoms with van der Waals surface area (Å²) in [6, 6.07) is 2.82. The molecule has 1 saturated heterocycles. The molecule has 1 aromatic carbocycles. The van der Waals surface area contributed by atoms with Gasteiger partial charge in [0.05, 0.1) is 0 Å². The summed E-state index contributed by atoms with van der Waals surface area (Å²) in [6.45, 7) is 7.00. The van der Waals surface area contributed by atoms with Crippen LogP contribution in [0.4, 0.5) is 32.0 Å². The van der Waals surface area contributed by atoms with E-state index in [1.165, 1.54) is 12.1 Å². The maximum absolute atomic E-state index is 13.1. The molecule has 4 nitrogen and oxygen atoms in total. The number of carbonyl (C=O) groups is 1. The second-order valence-corrected chi connectivity index (χ2v) is 7.18. The van der Waals surface area contributed by atoms with Gasteiger partial charge in [-0.2, -0.15) is 26.3 Å².